The van der Waals surface area contributed by atoms with Crippen LogP contribution in [0.15, 0.2) is 0 Å². The van der Waals surface area contributed by atoms with E-state index in [1.807, 2.05) is 0 Å². The predicted octanol–water partition coefficient (Wildman–Crippen LogP) is 0.281. The summed E-state index contributed by atoms with van der Waals surface area (Å²) in [5.74, 6) is 0.111. The largest absolute Gasteiger partial charge is 0.379 e. The first kappa shape index (κ1) is 11.5. The zero-order valence-electron chi connectivity index (χ0n) is 9.06. The van der Waals surface area contributed by atoms with E-state index in [0.717, 1.165) is 32.6 Å². The van der Waals surface area contributed by atoms with Gasteiger partial charge in [-0.1, -0.05) is 0 Å². The van der Waals surface area contributed by atoms with Gasteiger partial charge < -0.3 is 15.4 Å². The molecule has 0 aromatic rings. The van der Waals surface area contributed by atoms with E-state index >= 15 is 0 Å². The standard InChI is InChI=1S/C10H20N2O2/c1-10(5-7-14-8-10)12-6-3-4-9(13)11-2/h12H,3-8H2,1-2H3,(H,11,13). The molecule has 0 aromatic heterocycles. The number of nitrogens with one attached hydrogen (secondary N) is 2. The Morgan fingerprint density at radius 2 is 2.36 bits per heavy atom. The normalized spacial score (nSPS) is 26.4. The van der Waals surface area contributed by atoms with Crippen molar-refractivity contribution in [2.45, 2.75) is 31.7 Å². The average Bonchev–Trinajstić information content (AvgIpc) is 2.60. The molecule has 1 amide bonds. The van der Waals surface area contributed by atoms with Crippen LogP contribution in [0.2, 0.25) is 0 Å². The molecule has 1 atom stereocenters. The summed E-state index contributed by atoms with van der Waals surface area (Å²) in [7, 11) is 1.67. The van der Waals surface area contributed by atoms with Gasteiger partial charge in [-0.05, 0) is 26.3 Å². The van der Waals surface area contributed by atoms with E-state index in [1.54, 1.807) is 7.05 Å². The lowest BCUT2D eigenvalue weighted by Gasteiger charge is -2.23. The van der Waals surface area contributed by atoms with Crippen molar-refractivity contribution in [2.75, 3.05) is 26.8 Å². The Bertz CT molecular complexity index is 189. The highest BCUT2D eigenvalue weighted by Gasteiger charge is 2.28. The summed E-state index contributed by atoms with van der Waals surface area (Å²) in [5.41, 5.74) is 0.128. The van der Waals surface area contributed by atoms with Crippen LogP contribution in [-0.4, -0.2) is 38.3 Å². The van der Waals surface area contributed by atoms with E-state index in [0.29, 0.717) is 6.42 Å². The van der Waals surface area contributed by atoms with E-state index < -0.39 is 0 Å². The van der Waals surface area contributed by atoms with Crippen molar-refractivity contribution in [3.8, 4) is 0 Å². The summed E-state index contributed by atoms with van der Waals surface area (Å²) >= 11 is 0. The van der Waals surface area contributed by atoms with Crippen molar-refractivity contribution in [3.63, 3.8) is 0 Å². The van der Waals surface area contributed by atoms with Crippen molar-refractivity contribution in [3.05, 3.63) is 0 Å². The Labute approximate surface area is 85.4 Å². The molecular weight excluding hydrogens is 180 g/mol. The van der Waals surface area contributed by atoms with Crippen LogP contribution in [0.25, 0.3) is 0 Å². The first-order valence-electron chi connectivity index (χ1n) is 5.20. The molecule has 1 unspecified atom stereocenters. The molecule has 0 spiro atoms. The van der Waals surface area contributed by atoms with E-state index in [2.05, 4.69) is 17.6 Å². The highest BCUT2D eigenvalue weighted by atomic mass is 16.5. The Morgan fingerprint density at radius 1 is 1.57 bits per heavy atom. The number of ether oxygens (including phenoxy) is 1. The van der Waals surface area contributed by atoms with Gasteiger partial charge in [0.2, 0.25) is 5.91 Å². The van der Waals surface area contributed by atoms with Crippen LogP contribution in [0.3, 0.4) is 0 Å². The van der Waals surface area contributed by atoms with Gasteiger partial charge in [-0.3, -0.25) is 4.79 Å². The molecule has 14 heavy (non-hydrogen) atoms. The van der Waals surface area contributed by atoms with Gasteiger partial charge in [0.05, 0.1) is 6.61 Å². The predicted molar refractivity (Wildman–Crippen MR) is 55.1 cm³/mol. The first-order chi connectivity index (χ1) is 6.66. The summed E-state index contributed by atoms with van der Waals surface area (Å²) in [6.07, 6.45) is 2.54. The molecule has 0 saturated carbocycles. The number of amides is 1. The zero-order valence-corrected chi connectivity index (χ0v) is 9.06. The first-order valence-corrected chi connectivity index (χ1v) is 5.20. The van der Waals surface area contributed by atoms with E-state index in [-0.39, 0.29) is 11.4 Å². The maximum absolute atomic E-state index is 10.9. The quantitative estimate of drug-likeness (QED) is 0.627. The van der Waals surface area contributed by atoms with E-state index in [1.165, 1.54) is 0 Å². The fourth-order valence-corrected chi connectivity index (χ4v) is 1.57. The van der Waals surface area contributed by atoms with Gasteiger partial charge in [-0.2, -0.15) is 0 Å². The maximum atomic E-state index is 10.9. The number of carbonyl (C=O) groups is 1. The van der Waals surface area contributed by atoms with Gasteiger partial charge in [-0.25, -0.2) is 0 Å². The van der Waals surface area contributed by atoms with Gasteiger partial charge in [0, 0.05) is 25.6 Å². The number of hydrogen-bond donors (Lipinski definition) is 2. The van der Waals surface area contributed by atoms with Crippen LogP contribution in [-0.2, 0) is 9.53 Å². The maximum Gasteiger partial charge on any atom is 0.219 e. The summed E-state index contributed by atoms with van der Waals surface area (Å²) < 4.78 is 5.32. The SMILES string of the molecule is CNC(=O)CCCNC1(C)CCOC1. The number of rotatable bonds is 5. The molecule has 0 radical (unpaired) electrons. The smallest absolute Gasteiger partial charge is 0.219 e. The van der Waals surface area contributed by atoms with Crippen LogP contribution < -0.4 is 10.6 Å². The molecular formula is C10H20N2O2. The van der Waals surface area contributed by atoms with Crippen LogP contribution in [0.1, 0.15) is 26.2 Å². The fraction of sp³-hybridized carbons (Fsp3) is 0.900. The monoisotopic (exact) mass is 200 g/mol. The lowest BCUT2D eigenvalue weighted by molar-refractivity contribution is -0.120. The molecule has 2 N–H and O–H groups in total. The Balaban J connectivity index is 2.06. The van der Waals surface area contributed by atoms with E-state index in [4.69, 9.17) is 4.74 Å². The fourth-order valence-electron chi connectivity index (χ4n) is 1.57. The number of hydrogen-bond acceptors (Lipinski definition) is 3. The van der Waals surface area contributed by atoms with Gasteiger partial charge in [-0.15, -0.1) is 0 Å². The van der Waals surface area contributed by atoms with Gasteiger partial charge in [0.1, 0.15) is 0 Å². The van der Waals surface area contributed by atoms with Gasteiger partial charge in [0.15, 0.2) is 0 Å². The van der Waals surface area contributed by atoms with Crippen LogP contribution in [0, 0.1) is 0 Å². The van der Waals surface area contributed by atoms with Crippen molar-refractivity contribution in [1.82, 2.24) is 10.6 Å². The van der Waals surface area contributed by atoms with Crippen molar-refractivity contribution >= 4 is 5.91 Å². The lowest BCUT2D eigenvalue weighted by atomic mass is 10.0. The van der Waals surface area contributed by atoms with Crippen LogP contribution >= 0.6 is 0 Å². The molecule has 1 aliphatic heterocycles. The molecule has 1 aliphatic rings. The van der Waals surface area contributed by atoms with Crippen LogP contribution in [0.5, 0.6) is 0 Å². The average molecular weight is 200 g/mol. The molecule has 1 heterocycles. The third kappa shape index (κ3) is 3.64. The molecule has 82 valence electrons. The van der Waals surface area contributed by atoms with Gasteiger partial charge >= 0.3 is 0 Å². The third-order valence-corrected chi connectivity index (χ3v) is 2.63. The second kappa shape index (κ2) is 5.32. The summed E-state index contributed by atoms with van der Waals surface area (Å²) in [6.45, 7) is 4.68. The molecule has 0 bridgehead atoms. The van der Waals surface area contributed by atoms with E-state index in [9.17, 15) is 4.79 Å². The minimum Gasteiger partial charge on any atom is -0.379 e. The molecule has 1 rings (SSSR count). The van der Waals surface area contributed by atoms with Crippen molar-refractivity contribution in [2.24, 2.45) is 0 Å². The third-order valence-electron chi connectivity index (χ3n) is 2.63. The summed E-state index contributed by atoms with van der Waals surface area (Å²) in [4.78, 5) is 10.9. The minimum atomic E-state index is 0.111. The summed E-state index contributed by atoms with van der Waals surface area (Å²) in [6, 6.07) is 0. The Hall–Kier alpha value is -0.610. The Kier molecular flexibility index (Phi) is 4.35. The molecule has 4 nitrogen and oxygen atoms in total. The summed E-state index contributed by atoms with van der Waals surface area (Å²) in [5, 5.41) is 6.04. The second-order valence-electron chi connectivity index (χ2n) is 4.07. The second-order valence-corrected chi connectivity index (χ2v) is 4.07. The molecule has 4 heteroatoms. The highest BCUT2D eigenvalue weighted by Crippen LogP contribution is 2.17. The number of carbonyl (C=O) groups excluding carboxylic acids is 1. The molecule has 1 fully saturated rings. The highest BCUT2D eigenvalue weighted by molar-refractivity contribution is 5.75. The Morgan fingerprint density at radius 3 is 2.93 bits per heavy atom. The van der Waals surface area contributed by atoms with Gasteiger partial charge in [0.25, 0.3) is 0 Å². The minimum absolute atomic E-state index is 0.111. The lowest BCUT2D eigenvalue weighted by Crippen LogP contribution is -2.43. The van der Waals surface area contributed by atoms with Crippen LogP contribution in [0.4, 0.5) is 0 Å². The molecule has 1 saturated heterocycles. The molecule has 0 aliphatic carbocycles. The topological polar surface area (TPSA) is 50.4 Å². The van der Waals surface area contributed by atoms with Crippen molar-refractivity contribution < 1.29 is 9.53 Å². The zero-order chi connectivity index (χ0) is 10.4. The van der Waals surface area contributed by atoms with Crippen molar-refractivity contribution in [1.29, 1.82) is 0 Å². The molecule has 0 aromatic carbocycles.